The maximum atomic E-state index is 12.3. The molecule has 1 amide bonds. The smallest absolute Gasteiger partial charge is 0.338 e. The lowest BCUT2D eigenvalue weighted by atomic mass is 9.86. The fourth-order valence-corrected chi connectivity index (χ4v) is 3.45. The molecule has 0 unspecified atom stereocenters. The molecule has 2 atom stereocenters. The second-order valence-corrected chi connectivity index (χ2v) is 7.31. The number of rotatable bonds is 7. The zero-order chi connectivity index (χ0) is 19.8. The van der Waals surface area contributed by atoms with Gasteiger partial charge in [0.25, 0.3) is 5.91 Å². The van der Waals surface area contributed by atoms with Crippen molar-refractivity contribution in [3.63, 3.8) is 0 Å². The van der Waals surface area contributed by atoms with E-state index < -0.39 is 5.97 Å². The van der Waals surface area contributed by atoms with Gasteiger partial charge in [0, 0.05) is 6.04 Å². The first-order chi connectivity index (χ1) is 13.6. The summed E-state index contributed by atoms with van der Waals surface area (Å²) in [6.07, 6.45) is 4.46. The maximum Gasteiger partial charge on any atom is 0.338 e. The van der Waals surface area contributed by atoms with Gasteiger partial charge in [-0.15, -0.1) is 0 Å². The number of ether oxygens (including phenoxy) is 2. The number of amides is 1. The van der Waals surface area contributed by atoms with E-state index in [1.165, 1.54) is 6.42 Å². The molecular formula is C23H27NO4. The summed E-state index contributed by atoms with van der Waals surface area (Å²) in [6, 6.07) is 16.8. The fourth-order valence-electron chi connectivity index (χ4n) is 3.45. The quantitative estimate of drug-likeness (QED) is 0.733. The van der Waals surface area contributed by atoms with Crippen molar-refractivity contribution in [3.8, 4) is 5.75 Å². The van der Waals surface area contributed by atoms with Gasteiger partial charge in [0.2, 0.25) is 0 Å². The normalized spacial score (nSPS) is 18.9. The first kappa shape index (κ1) is 19.9. The van der Waals surface area contributed by atoms with E-state index in [9.17, 15) is 9.59 Å². The molecule has 1 fully saturated rings. The van der Waals surface area contributed by atoms with Crippen LogP contribution in [0, 0.1) is 5.92 Å². The second kappa shape index (κ2) is 9.93. The minimum absolute atomic E-state index is 0.176. The highest BCUT2D eigenvalue weighted by Gasteiger charge is 2.23. The van der Waals surface area contributed by atoms with Gasteiger partial charge in [-0.25, -0.2) is 4.79 Å². The van der Waals surface area contributed by atoms with Crippen molar-refractivity contribution in [2.24, 2.45) is 5.92 Å². The van der Waals surface area contributed by atoms with E-state index in [-0.39, 0.29) is 18.6 Å². The van der Waals surface area contributed by atoms with E-state index in [0.717, 1.165) is 24.8 Å². The molecule has 0 aliphatic heterocycles. The summed E-state index contributed by atoms with van der Waals surface area (Å²) in [5.74, 6) is 0.270. The summed E-state index contributed by atoms with van der Waals surface area (Å²) < 4.78 is 10.9. The zero-order valence-corrected chi connectivity index (χ0v) is 16.2. The summed E-state index contributed by atoms with van der Waals surface area (Å²) >= 11 is 0. The third-order valence-electron chi connectivity index (χ3n) is 5.11. The lowest BCUT2D eigenvalue weighted by Gasteiger charge is -2.29. The molecule has 0 saturated heterocycles. The Labute approximate surface area is 166 Å². The van der Waals surface area contributed by atoms with Gasteiger partial charge in [0.1, 0.15) is 12.4 Å². The standard InChI is InChI=1S/C23H27NO4/c1-17-8-5-6-13-21(17)24-22(25)16-28-23(26)19-11-7-12-20(14-19)27-15-18-9-3-2-4-10-18/h2-4,7,9-12,14,17,21H,5-6,8,13,15-16H2,1H3,(H,24,25)/t17-,21+/m0/s1. The highest BCUT2D eigenvalue weighted by Crippen LogP contribution is 2.23. The molecule has 1 aliphatic rings. The van der Waals surface area contributed by atoms with Crippen LogP contribution in [0.2, 0.25) is 0 Å². The highest BCUT2D eigenvalue weighted by atomic mass is 16.5. The van der Waals surface area contributed by atoms with E-state index in [1.54, 1.807) is 24.3 Å². The molecule has 2 aromatic rings. The van der Waals surface area contributed by atoms with Gasteiger partial charge in [0.15, 0.2) is 6.61 Å². The average Bonchev–Trinajstić information content (AvgIpc) is 2.73. The Balaban J connectivity index is 1.48. The minimum Gasteiger partial charge on any atom is -0.489 e. The van der Waals surface area contributed by atoms with Gasteiger partial charge in [-0.2, -0.15) is 0 Å². The molecule has 0 radical (unpaired) electrons. The third kappa shape index (κ3) is 5.84. The van der Waals surface area contributed by atoms with Crippen LogP contribution in [0.25, 0.3) is 0 Å². The van der Waals surface area contributed by atoms with E-state index in [1.807, 2.05) is 30.3 Å². The van der Waals surface area contributed by atoms with Crippen molar-refractivity contribution in [1.82, 2.24) is 5.32 Å². The van der Waals surface area contributed by atoms with Crippen LogP contribution in [0.3, 0.4) is 0 Å². The number of esters is 1. The molecule has 0 bridgehead atoms. The van der Waals surface area contributed by atoms with Crippen molar-refractivity contribution >= 4 is 11.9 Å². The van der Waals surface area contributed by atoms with E-state index in [0.29, 0.717) is 23.8 Å². The van der Waals surface area contributed by atoms with Crippen LogP contribution in [0.4, 0.5) is 0 Å². The number of carbonyl (C=O) groups excluding carboxylic acids is 2. The van der Waals surface area contributed by atoms with Crippen LogP contribution >= 0.6 is 0 Å². The molecule has 1 N–H and O–H groups in total. The summed E-state index contributed by atoms with van der Waals surface area (Å²) in [5, 5.41) is 2.98. The lowest BCUT2D eigenvalue weighted by molar-refractivity contribution is -0.125. The van der Waals surface area contributed by atoms with Crippen LogP contribution in [-0.2, 0) is 16.1 Å². The Morgan fingerprint density at radius 3 is 2.61 bits per heavy atom. The molecule has 5 nitrogen and oxygen atoms in total. The van der Waals surface area contributed by atoms with E-state index in [2.05, 4.69) is 12.2 Å². The number of benzene rings is 2. The largest absolute Gasteiger partial charge is 0.489 e. The predicted molar refractivity (Wildman–Crippen MR) is 107 cm³/mol. The van der Waals surface area contributed by atoms with Crippen molar-refractivity contribution in [2.75, 3.05) is 6.61 Å². The molecule has 28 heavy (non-hydrogen) atoms. The SMILES string of the molecule is C[C@H]1CCCC[C@H]1NC(=O)COC(=O)c1cccc(OCc2ccccc2)c1. The summed E-state index contributed by atoms with van der Waals surface area (Å²) in [7, 11) is 0. The van der Waals surface area contributed by atoms with Crippen LogP contribution in [0.15, 0.2) is 54.6 Å². The summed E-state index contributed by atoms with van der Waals surface area (Å²) in [4.78, 5) is 24.4. The lowest BCUT2D eigenvalue weighted by Crippen LogP contribution is -2.42. The topological polar surface area (TPSA) is 64.6 Å². The molecular weight excluding hydrogens is 354 g/mol. The second-order valence-electron chi connectivity index (χ2n) is 7.31. The highest BCUT2D eigenvalue weighted by molar-refractivity contribution is 5.91. The molecule has 5 heteroatoms. The van der Waals surface area contributed by atoms with Crippen LogP contribution in [-0.4, -0.2) is 24.5 Å². The van der Waals surface area contributed by atoms with Crippen molar-refractivity contribution < 1.29 is 19.1 Å². The Kier molecular flexibility index (Phi) is 7.06. The van der Waals surface area contributed by atoms with Gasteiger partial charge < -0.3 is 14.8 Å². The molecule has 2 aromatic carbocycles. The van der Waals surface area contributed by atoms with Gasteiger partial charge >= 0.3 is 5.97 Å². The van der Waals surface area contributed by atoms with E-state index in [4.69, 9.17) is 9.47 Å². The Morgan fingerprint density at radius 1 is 1.04 bits per heavy atom. The number of nitrogens with one attached hydrogen (secondary N) is 1. The Hall–Kier alpha value is -2.82. The molecule has 148 valence electrons. The van der Waals surface area contributed by atoms with Crippen LogP contribution < -0.4 is 10.1 Å². The van der Waals surface area contributed by atoms with Gasteiger partial charge in [-0.05, 0) is 42.5 Å². The monoisotopic (exact) mass is 381 g/mol. The average molecular weight is 381 g/mol. The zero-order valence-electron chi connectivity index (χ0n) is 16.2. The Morgan fingerprint density at radius 2 is 1.82 bits per heavy atom. The molecule has 3 rings (SSSR count). The fraction of sp³-hybridized carbons (Fsp3) is 0.391. The number of hydrogen-bond donors (Lipinski definition) is 1. The first-order valence-corrected chi connectivity index (χ1v) is 9.85. The van der Waals surface area contributed by atoms with Crippen molar-refractivity contribution in [2.45, 2.75) is 45.3 Å². The van der Waals surface area contributed by atoms with Crippen molar-refractivity contribution in [3.05, 3.63) is 65.7 Å². The summed E-state index contributed by atoms with van der Waals surface area (Å²) in [6.45, 7) is 2.30. The van der Waals surface area contributed by atoms with E-state index >= 15 is 0 Å². The number of hydrogen-bond acceptors (Lipinski definition) is 4. The minimum atomic E-state index is -0.531. The van der Waals surface area contributed by atoms with Crippen molar-refractivity contribution in [1.29, 1.82) is 0 Å². The predicted octanol–water partition coefficient (Wildman–Crippen LogP) is 4.12. The molecule has 0 heterocycles. The summed E-state index contributed by atoms with van der Waals surface area (Å²) in [5.41, 5.74) is 1.41. The molecule has 0 spiro atoms. The number of carbonyl (C=O) groups is 2. The molecule has 0 aromatic heterocycles. The van der Waals surface area contributed by atoms with Crippen LogP contribution in [0.1, 0.15) is 48.5 Å². The maximum absolute atomic E-state index is 12.3. The third-order valence-corrected chi connectivity index (χ3v) is 5.11. The molecule has 1 saturated carbocycles. The van der Waals surface area contributed by atoms with Gasteiger partial charge in [-0.1, -0.05) is 56.2 Å². The van der Waals surface area contributed by atoms with Crippen LogP contribution in [0.5, 0.6) is 5.75 Å². The molecule has 1 aliphatic carbocycles. The Bertz CT molecular complexity index is 790. The first-order valence-electron chi connectivity index (χ1n) is 9.85. The van der Waals surface area contributed by atoms with Gasteiger partial charge in [-0.3, -0.25) is 4.79 Å². The van der Waals surface area contributed by atoms with Gasteiger partial charge in [0.05, 0.1) is 5.56 Å².